The van der Waals surface area contributed by atoms with E-state index in [4.69, 9.17) is 4.74 Å². The SMILES string of the molecule is Cc1nc(C2COC(C)(C)CN2)n[nH]1. The maximum Gasteiger partial charge on any atom is 0.169 e. The number of aromatic amines is 1. The quantitative estimate of drug-likeness (QED) is 0.688. The Kier molecular flexibility index (Phi) is 2.28. The number of rotatable bonds is 1. The summed E-state index contributed by atoms with van der Waals surface area (Å²) in [5.41, 5.74) is -0.0815. The number of H-pyrrole nitrogens is 1. The van der Waals surface area contributed by atoms with E-state index in [-0.39, 0.29) is 11.6 Å². The average molecular weight is 196 g/mol. The molecule has 1 aliphatic heterocycles. The fraction of sp³-hybridized carbons (Fsp3) is 0.778. The van der Waals surface area contributed by atoms with Crippen molar-refractivity contribution in [1.82, 2.24) is 20.5 Å². The standard InChI is InChI=1S/C9H16N4O/c1-6-11-8(13-12-6)7-4-14-9(2,3)5-10-7/h7,10H,4-5H2,1-3H3,(H,11,12,13). The fourth-order valence-corrected chi connectivity index (χ4v) is 1.47. The molecule has 0 aromatic carbocycles. The van der Waals surface area contributed by atoms with Crippen LogP contribution in [0.4, 0.5) is 0 Å². The summed E-state index contributed by atoms with van der Waals surface area (Å²) in [5, 5.41) is 10.3. The van der Waals surface area contributed by atoms with Gasteiger partial charge in [-0.15, -0.1) is 0 Å². The van der Waals surface area contributed by atoms with E-state index in [9.17, 15) is 0 Å². The molecule has 78 valence electrons. The molecule has 1 unspecified atom stereocenters. The van der Waals surface area contributed by atoms with Crippen molar-refractivity contribution in [2.45, 2.75) is 32.4 Å². The molecule has 1 aromatic heterocycles. The lowest BCUT2D eigenvalue weighted by molar-refractivity contribution is -0.0599. The maximum atomic E-state index is 5.69. The highest BCUT2D eigenvalue weighted by Gasteiger charge is 2.29. The van der Waals surface area contributed by atoms with Crippen LogP contribution in [0.5, 0.6) is 0 Å². The van der Waals surface area contributed by atoms with Gasteiger partial charge in [-0.05, 0) is 20.8 Å². The zero-order valence-electron chi connectivity index (χ0n) is 8.79. The second-order valence-electron chi connectivity index (χ2n) is 4.28. The monoisotopic (exact) mass is 196 g/mol. The lowest BCUT2D eigenvalue weighted by atomic mass is 10.1. The number of nitrogens with zero attached hydrogens (tertiary/aromatic N) is 2. The first kappa shape index (κ1) is 9.61. The van der Waals surface area contributed by atoms with Crippen LogP contribution in [0.1, 0.15) is 31.5 Å². The topological polar surface area (TPSA) is 62.8 Å². The summed E-state index contributed by atoms with van der Waals surface area (Å²) in [6.45, 7) is 7.48. The van der Waals surface area contributed by atoms with Crippen LogP contribution in [-0.2, 0) is 4.74 Å². The molecule has 1 saturated heterocycles. The summed E-state index contributed by atoms with van der Waals surface area (Å²) in [6.07, 6.45) is 0. The van der Waals surface area contributed by atoms with Crippen LogP contribution < -0.4 is 5.32 Å². The van der Waals surface area contributed by atoms with Gasteiger partial charge in [-0.3, -0.25) is 5.10 Å². The van der Waals surface area contributed by atoms with E-state index in [0.29, 0.717) is 6.61 Å². The van der Waals surface area contributed by atoms with Gasteiger partial charge in [0.15, 0.2) is 5.82 Å². The molecule has 0 amide bonds. The molecule has 1 aliphatic rings. The molecule has 2 N–H and O–H groups in total. The second kappa shape index (κ2) is 3.33. The molecular weight excluding hydrogens is 180 g/mol. The molecule has 0 spiro atoms. The van der Waals surface area contributed by atoms with Crippen LogP contribution in [0.3, 0.4) is 0 Å². The third-order valence-electron chi connectivity index (χ3n) is 2.34. The Morgan fingerprint density at radius 1 is 1.50 bits per heavy atom. The number of hydrogen-bond acceptors (Lipinski definition) is 4. The minimum atomic E-state index is -0.0815. The van der Waals surface area contributed by atoms with Crippen LogP contribution in [0.2, 0.25) is 0 Å². The minimum absolute atomic E-state index is 0.0815. The van der Waals surface area contributed by atoms with Gasteiger partial charge in [0.2, 0.25) is 0 Å². The van der Waals surface area contributed by atoms with E-state index in [1.165, 1.54) is 0 Å². The summed E-state index contributed by atoms with van der Waals surface area (Å²) in [7, 11) is 0. The van der Waals surface area contributed by atoms with Gasteiger partial charge in [0.25, 0.3) is 0 Å². The normalized spacial score (nSPS) is 26.4. The van der Waals surface area contributed by atoms with E-state index in [0.717, 1.165) is 18.2 Å². The highest BCUT2D eigenvalue weighted by molar-refractivity contribution is 4.98. The predicted molar refractivity (Wildman–Crippen MR) is 51.9 cm³/mol. The number of ether oxygens (including phenoxy) is 1. The Balaban J connectivity index is 2.02. The van der Waals surface area contributed by atoms with Gasteiger partial charge in [-0.25, -0.2) is 4.98 Å². The van der Waals surface area contributed by atoms with Crippen LogP contribution >= 0.6 is 0 Å². The Bertz CT molecular complexity index is 310. The number of aryl methyl sites for hydroxylation is 1. The van der Waals surface area contributed by atoms with E-state index in [2.05, 4.69) is 34.3 Å². The highest BCUT2D eigenvalue weighted by atomic mass is 16.5. The molecule has 0 saturated carbocycles. The van der Waals surface area contributed by atoms with Crippen molar-refractivity contribution < 1.29 is 4.74 Å². The molecule has 2 rings (SSSR count). The van der Waals surface area contributed by atoms with Gasteiger partial charge in [0, 0.05) is 6.54 Å². The van der Waals surface area contributed by atoms with Crippen molar-refractivity contribution in [3.8, 4) is 0 Å². The van der Waals surface area contributed by atoms with Gasteiger partial charge < -0.3 is 10.1 Å². The molecule has 0 aliphatic carbocycles. The number of nitrogens with one attached hydrogen (secondary N) is 2. The zero-order valence-corrected chi connectivity index (χ0v) is 8.79. The van der Waals surface area contributed by atoms with E-state index < -0.39 is 0 Å². The van der Waals surface area contributed by atoms with Gasteiger partial charge in [0.1, 0.15) is 5.82 Å². The smallest absolute Gasteiger partial charge is 0.169 e. The van der Waals surface area contributed by atoms with Crippen LogP contribution in [0, 0.1) is 6.92 Å². The predicted octanol–water partition coefficient (Wildman–Crippen LogP) is 0.553. The second-order valence-corrected chi connectivity index (χ2v) is 4.28. The van der Waals surface area contributed by atoms with Crippen molar-refractivity contribution >= 4 is 0 Å². The summed E-state index contributed by atoms with van der Waals surface area (Å²) in [6, 6.07) is 0.118. The van der Waals surface area contributed by atoms with Crippen LogP contribution in [-0.4, -0.2) is 33.9 Å². The summed E-state index contributed by atoms with van der Waals surface area (Å²) < 4.78 is 5.69. The largest absolute Gasteiger partial charge is 0.372 e. The molecule has 5 heteroatoms. The Hall–Kier alpha value is -0.940. The molecule has 0 radical (unpaired) electrons. The molecule has 1 aromatic rings. The van der Waals surface area contributed by atoms with E-state index in [1.807, 2.05) is 6.92 Å². The van der Waals surface area contributed by atoms with Gasteiger partial charge in [-0.2, -0.15) is 5.10 Å². The Morgan fingerprint density at radius 3 is 2.79 bits per heavy atom. The third kappa shape index (κ3) is 1.93. The first-order valence-electron chi connectivity index (χ1n) is 4.83. The highest BCUT2D eigenvalue weighted by Crippen LogP contribution is 2.19. The van der Waals surface area contributed by atoms with E-state index >= 15 is 0 Å². The summed E-state index contributed by atoms with van der Waals surface area (Å²) in [4.78, 5) is 4.27. The molecule has 2 heterocycles. The summed E-state index contributed by atoms with van der Waals surface area (Å²) in [5.74, 6) is 1.63. The fourth-order valence-electron chi connectivity index (χ4n) is 1.47. The van der Waals surface area contributed by atoms with Crippen molar-refractivity contribution in [2.24, 2.45) is 0 Å². The number of hydrogen-bond donors (Lipinski definition) is 2. The summed E-state index contributed by atoms with van der Waals surface area (Å²) >= 11 is 0. The number of morpholine rings is 1. The average Bonchev–Trinajstić information content (AvgIpc) is 2.52. The van der Waals surface area contributed by atoms with Gasteiger partial charge >= 0.3 is 0 Å². The van der Waals surface area contributed by atoms with Gasteiger partial charge in [-0.1, -0.05) is 0 Å². The number of aromatic nitrogens is 3. The third-order valence-corrected chi connectivity index (χ3v) is 2.34. The molecule has 14 heavy (non-hydrogen) atoms. The van der Waals surface area contributed by atoms with Crippen molar-refractivity contribution in [3.63, 3.8) is 0 Å². The first-order valence-corrected chi connectivity index (χ1v) is 4.83. The molecular formula is C9H16N4O. The first-order chi connectivity index (χ1) is 6.57. The van der Waals surface area contributed by atoms with Crippen molar-refractivity contribution in [3.05, 3.63) is 11.6 Å². The van der Waals surface area contributed by atoms with Gasteiger partial charge in [0.05, 0.1) is 18.2 Å². The van der Waals surface area contributed by atoms with Crippen LogP contribution in [0.25, 0.3) is 0 Å². The Labute approximate surface area is 83.3 Å². The van der Waals surface area contributed by atoms with E-state index in [1.54, 1.807) is 0 Å². The lowest BCUT2D eigenvalue weighted by Gasteiger charge is -2.34. The Morgan fingerprint density at radius 2 is 2.29 bits per heavy atom. The minimum Gasteiger partial charge on any atom is -0.372 e. The lowest BCUT2D eigenvalue weighted by Crippen LogP contribution is -2.47. The zero-order chi connectivity index (χ0) is 10.2. The molecule has 1 fully saturated rings. The molecule has 1 atom stereocenters. The van der Waals surface area contributed by atoms with Crippen LogP contribution in [0.15, 0.2) is 0 Å². The molecule has 0 bridgehead atoms. The van der Waals surface area contributed by atoms with Crippen molar-refractivity contribution in [1.29, 1.82) is 0 Å². The van der Waals surface area contributed by atoms with Crippen molar-refractivity contribution in [2.75, 3.05) is 13.2 Å². The molecule has 5 nitrogen and oxygen atoms in total. The maximum absolute atomic E-state index is 5.69.